The first-order valence-electron chi connectivity index (χ1n) is 5.81. The molecule has 1 aromatic carbocycles. The number of nitrogens with one attached hydrogen (secondary N) is 1. The molecule has 6 heteroatoms. The summed E-state index contributed by atoms with van der Waals surface area (Å²) in [6.07, 6.45) is 1.97. The molecule has 1 aromatic rings. The van der Waals surface area contributed by atoms with Crippen molar-refractivity contribution in [2.75, 3.05) is 30.9 Å². The van der Waals surface area contributed by atoms with Gasteiger partial charge in [0.1, 0.15) is 0 Å². The number of anilines is 1. The Kier molecular flexibility index (Phi) is 5.69. The molecular formula is C13H18N2O3S. The fraction of sp³-hybridized carbons (Fsp3) is 0.385. The van der Waals surface area contributed by atoms with Gasteiger partial charge in [0.15, 0.2) is 0 Å². The first kappa shape index (κ1) is 15.4. The van der Waals surface area contributed by atoms with Gasteiger partial charge in [0.05, 0.1) is 11.3 Å². The highest BCUT2D eigenvalue weighted by molar-refractivity contribution is 7.98. The highest BCUT2D eigenvalue weighted by atomic mass is 32.2. The fourth-order valence-corrected chi connectivity index (χ4v) is 2.00. The number of benzene rings is 1. The van der Waals surface area contributed by atoms with E-state index in [2.05, 4.69) is 5.32 Å². The summed E-state index contributed by atoms with van der Waals surface area (Å²) in [5.74, 6) is -0.213. The number of urea groups is 1. The standard InChI is InChI=1S/C13H18N2O3S/c1-9-5-4-6-10(12(16)17)11(9)14-13(18)15(2)7-8-19-3/h4-6H,7-8H2,1-3H3,(H,14,18)(H,16,17). The number of amides is 2. The van der Waals surface area contributed by atoms with Gasteiger partial charge in [-0.15, -0.1) is 0 Å². The minimum absolute atomic E-state index is 0.103. The molecule has 0 fully saturated rings. The molecule has 0 bridgehead atoms. The van der Waals surface area contributed by atoms with Crippen LogP contribution in [0, 0.1) is 6.92 Å². The van der Waals surface area contributed by atoms with Crippen molar-refractivity contribution >= 4 is 29.4 Å². The highest BCUT2D eigenvalue weighted by Crippen LogP contribution is 2.20. The van der Waals surface area contributed by atoms with Crippen LogP contribution in [0.15, 0.2) is 18.2 Å². The number of carbonyl (C=O) groups excluding carboxylic acids is 1. The lowest BCUT2D eigenvalue weighted by Gasteiger charge is -2.19. The molecule has 2 amide bonds. The number of aromatic carboxylic acids is 1. The minimum Gasteiger partial charge on any atom is -0.478 e. The largest absolute Gasteiger partial charge is 0.478 e. The molecule has 2 N–H and O–H groups in total. The Bertz CT molecular complexity index is 477. The number of aryl methyl sites for hydroxylation is 1. The van der Waals surface area contributed by atoms with Gasteiger partial charge in [-0.2, -0.15) is 11.8 Å². The van der Waals surface area contributed by atoms with E-state index in [0.717, 1.165) is 11.3 Å². The molecule has 104 valence electrons. The molecule has 0 aliphatic rings. The first-order valence-corrected chi connectivity index (χ1v) is 7.20. The van der Waals surface area contributed by atoms with Crippen LogP contribution in [0.1, 0.15) is 15.9 Å². The van der Waals surface area contributed by atoms with Crippen molar-refractivity contribution in [3.63, 3.8) is 0 Å². The van der Waals surface area contributed by atoms with Crippen LogP contribution in [-0.2, 0) is 0 Å². The van der Waals surface area contributed by atoms with Gasteiger partial charge in [-0.1, -0.05) is 12.1 Å². The summed E-state index contributed by atoms with van der Waals surface area (Å²) in [6, 6.07) is 4.61. The van der Waals surface area contributed by atoms with E-state index in [1.54, 1.807) is 37.9 Å². The summed E-state index contributed by atoms with van der Waals surface area (Å²) >= 11 is 1.65. The maximum Gasteiger partial charge on any atom is 0.337 e. The summed E-state index contributed by atoms with van der Waals surface area (Å²) in [5, 5.41) is 11.8. The molecule has 19 heavy (non-hydrogen) atoms. The molecular weight excluding hydrogens is 264 g/mol. The van der Waals surface area contributed by atoms with E-state index in [4.69, 9.17) is 5.11 Å². The van der Waals surface area contributed by atoms with Crippen LogP contribution >= 0.6 is 11.8 Å². The maximum atomic E-state index is 12.0. The van der Waals surface area contributed by atoms with Gasteiger partial charge in [-0.05, 0) is 24.8 Å². The van der Waals surface area contributed by atoms with Crippen LogP contribution in [0.2, 0.25) is 0 Å². The van der Waals surface area contributed by atoms with Crippen molar-refractivity contribution in [1.82, 2.24) is 4.90 Å². The van der Waals surface area contributed by atoms with E-state index in [9.17, 15) is 9.59 Å². The molecule has 0 radical (unpaired) electrons. The summed E-state index contributed by atoms with van der Waals surface area (Å²) in [5.41, 5.74) is 1.19. The molecule has 0 atom stereocenters. The van der Waals surface area contributed by atoms with Crippen LogP contribution in [0.5, 0.6) is 0 Å². The number of hydrogen-bond donors (Lipinski definition) is 2. The fourth-order valence-electron chi connectivity index (χ4n) is 1.54. The smallest absolute Gasteiger partial charge is 0.337 e. The van der Waals surface area contributed by atoms with Crippen molar-refractivity contribution in [1.29, 1.82) is 0 Å². The third-order valence-corrected chi connectivity index (χ3v) is 3.30. The molecule has 0 unspecified atom stereocenters. The molecule has 0 aliphatic heterocycles. The zero-order chi connectivity index (χ0) is 14.4. The predicted molar refractivity (Wildman–Crippen MR) is 78.2 cm³/mol. The van der Waals surface area contributed by atoms with E-state index in [1.165, 1.54) is 11.0 Å². The Labute approximate surface area is 117 Å². The molecule has 0 saturated heterocycles. The number of rotatable bonds is 5. The molecule has 1 rings (SSSR count). The number of para-hydroxylation sites is 1. The van der Waals surface area contributed by atoms with Crippen molar-refractivity contribution in [2.24, 2.45) is 0 Å². The van der Waals surface area contributed by atoms with Gasteiger partial charge in [0.2, 0.25) is 0 Å². The van der Waals surface area contributed by atoms with Crippen LogP contribution in [0.25, 0.3) is 0 Å². The van der Waals surface area contributed by atoms with Gasteiger partial charge in [-0.3, -0.25) is 0 Å². The number of hydrogen-bond acceptors (Lipinski definition) is 3. The van der Waals surface area contributed by atoms with Gasteiger partial charge < -0.3 is 15.3 Å². The number of thioether (sulfide) groups is 1. The highest BCUT2D eigenvalue weighted by Gasteiger charge is 2.16. The van der Waals surface area contributed by atoms with Crippen molar-refractivity contribution < 1.29 is 14.7 Å². The summed E-state index contributed by atoms with van der Waals surface area (Å²) in [4.78, 5) is 24.6. The van der Waals surface area contributed by atoms with Crippen molar-refractivity contribution in [3.8, 4) is 0 Å². The van der Waals surface area contributed by atoms with Gasteiger partial charge >= 0.3 is 12.0 Å². The molecule has 0 heterocycles. The average molecular weight is 282 g/mol. The Morgan fingerprint density at radius 3 is 2.68 bits per heavy atom. The molecule has 0 saturated carbocycles. The second-order valence-electron chi connectivity index (χ2n) is 4.15. The monoisotopic (exact) mass is 282 g/mol. The SMILES string of the molecule is CSCCN(C)C(=O)Nc1c(C)cccc1C(=O)O. The molecule has 0 spiro atoms. The Balaban J connectivity index is 2.87. The second-order valence-corrected chi connectivity index (χ2v) is 5.13. The minimum atomic E-state index is -1.05. The normalized spacial score (nSPS) is 10.1. The average Bonchev–Trinajstić information content (AvgIpc) is 2.37. The van der Waals surface area contributed by atoms with Gasteiger partial charge in [0, 0.05) is 19.3 Å². The van der Waals surface area contributed by atoms with E-state index in [-0.39, 0.29) is 11.6 Å². The Hall–Kier alpha value is -1.69. The molecule has 5 nitrogen and oxygen atoms in total. The summed E-state index contributed by atoms with van der Waals surface area (Å²) < 4.78 is 0. The summed E-state index contributed by atoms with van der Waals surface area (Å²) in [7, 11) is 1.68. The number of carboxylic acid groups (broad SMARTS) is 1. The zero-order valence-electron chi connectivity index (χ0n) is 11.3. The molecule has 0 aromatic heterocycles. The van der Waals surface area contributed by atoms with Gasteiger partial charge in [0.25, 0.3) is 0 Å². The van der Waals surface area contributed by atoms with Crippen molar-refractivity contribution in [2.45, 2.75) is 6.92 Å². The van der Waals surface area contributed by atoms with E-state index in [0.29, 0.717) is 12.2 Å². The van der Waals surface area contributed by atoms with E-state index < -0.39 is 5.97 Å². The van der Waals surface area contributed by atoms with Crippen LogP contribution in [-0.4, -0.2) is 47.6 Å². The topological polar surface area (TPSA) is 69.6 Å². The van der Waals surface area contributed by atoms with E-state index in [1.807, 2.05) is 6.26 Å². The third-order valence-electron chi connectivity index (χ3n) is 2.71. The lowest BCUT2D eigenvalue weighted by molar-refractivity contribution is 0.0698. The maximum absolute atomic E-state index is 12.0. The van der Waals surface area contributed by atoms with Gasteiger partial charge in [-0.25, -0.2) is 9.59 Å². The van der Waals surface area contributed by atoms with E-state index >= 15 is 0 Å². The number of carbonyl (C=O) groups is 2. The van der Waals surface area contributed by atoms with Crippen LogP contribution in [0.3, 0.4) is 0 Å². The zero-order valence-corrected chi connectivity index (χ0v) is 12.1. The first-order chi connectivity index (χ1) is 8.97. The third kappa shape index (κ3) is 4.17. The Morgan fingerprint density at radius 2 is 2.11 bits per heavy atom. The lowest BCUT2D eigenvalue weighted by atomic mass is 10.1. The van der Waals surface area contributed by atoms with Crippen molar-refractivity contribution in [3.05, 3.63) is 29.3 Å². The Morgan fingerprint density at radius 1 is 1.42 bits per heavy atom. The quantitative estimate of drug-likeness (QED) is 0.870. The van der Waals surface area contributed by atoms with Crippen LogP contribution in [0.4, 0.5) is 10.5 Å². The molecule has 0 aliphatic carbocycles. The van der Waals surface area contributed by atoms with Crippen LogP contribution < -0.4 is 5.32 Å². The number of carboxylic acids is 1. The second kappa shape index (κ2) is 7.04. The number of nitrogens with zero attached hydrogens (tertiary/aromatic N) is 1. The lowest BCUT2D eigenvalue weighted by Crippen LogP contribution is -2.33. The summed E-state index contributed by atoms with van der Waals surface area (Å²) in [6.45, 7) is 2.38. The predicted octanol–water partition coefficient (Wildman–Crippen LogP) is 2.52.